The first-order valence-electron chi connectivity index (χ1n) is 20.5. The summed E-state index contributed by atoms with van der Waals surface area (Å²) in [5.74, 6) is 2.44. The van der Waals surface area contributed by atoms with Gasteiger partial charge in [-0.05, 0) is 91.0 Å². The third-order valence-corrected chi connectivity index (χ3v) is 11.7. The molecule has 12 aromatic rings. The molecule has 0 fully saturated rings. The molecule has 0 unspecified atom stereocenters. The third-order valence-electron chi connectivity index (χ3n) is 11.7. The standard InChI is InChI=1S/C56H34N4O/c1-3-12-35(13-4-1)42-18-11-19-43(32-42)37-22-26-39(27-23-37)53-58-54(45-29-24-36-14-7-8-17-41(36)33-45)60-55(59-53)48-34-44-28-25-38-30-31-49-52(61-56(57-49)40-15-5-2-6-16-40)51(38)50(44)47-21-10-9-20-46(47)48/h1-34H. The highest BCUT2D eigenvalue weighted by Crippen LogP contribution is 2.42. The van der Waals surface area contributed by atoms with E-state index in [1.807, 2.05) is 42.5 Å². The molecule has 0 aliphatic carbocycles. The Bertz CT molecular complexity index is 3640. The molecule has 2 heterocycles. The number of nitrogens with zero attached hydrogens (tertiary/aromatic N) is 4. The number of rotatable bonds is 6. The lowest BCUT2D eigenvalue weighted by Gasteiger charge is -2.14. The molecule has 5 nitrogen and oxygen atoms in total. The van der Waals surface area contributed by atoms with E-state index in [0.29, 0.717) is 23.4 Å². The second-order valence-electron chi connectivity index (χ2n) is 15.4. The minimum Gasteiger partial charge on any atom is -0.435 e. The zero-order chi connectivity index (χ0) is 40.3. The first kappa shape index (κ1) is 34.7. The second-order valence-corrected chi connectivity index (χ2v) is 15.4. The number of hydrogen-bond acceptors (Lipinski definition) is 5. The van der Waals surface area contributed by atoms with Gasteiger partial charge in [-0.2, -0.15) is 0 Å². The first-order valence-corrected chi connectivity index (χ1v) is 20.5. The number of oxazole rings is 1. The third kappa shape index (κ3) is 6.10. The van der Waals surface area contributed by atoms with Crippen LogP contribution in [-0.4, -0.2) is 19.9 Å². The minimum absolute atomic E-state index is 0.605. The molecule has 0 saturated carbocycles. The van der Waals surface area contributed by atoms with Gasteiger partial charge >= 0.3 is 0 Å². The van der Waals surface area contributed by atoms with Crippen molar-refractivity contribution >= 4 is 54.2 Å². The van der Waals surface area contributed by atoms with E-state index in [2.05, 4.69) is 164 Å². The summed E-state index contributed by atoms with van der Waals surface area (Å²) in [4.78, 5) is 20.6. The maximum absolute atomic E-state index is 6.62. The van der Waals surface area contributed by atoms with Crippen LogP contribution < -0.4 is 0 Å². The van der Waals surface area contributed by atoms with Crippen molar-refractivity contribution in [1.82, 2.24) is 19.9 Å². The van der Waals surface area contributed by atoms with E-state index in [9.17, 15) is 0 Å². The molecule has 0 amide bonds. The molecule has 0 atom stereocenters. The van der Waals surface area contributed by atoms with Crippen molar-refractivity contribution in [3.8, 4) is 67.9 Å². The van der Waals surface area contributed by atoms with Crippen molar-refractivity contribution in [3.63, 3.8) is 0 Å². The Morgan fingerprint density at radius 3 is 1.64 bits per heavy atom. The highest BCUT2D eigenvalue weighted by atomic mass is 16.3. The summed E-state index contributed by atoms with van der Waals surface area (Å²) >= 11 is 0. The molecule has 61 heavy (non-hydrogen) atoms. The fraction of sp³-hybridized carbons (Fsp3) is 0. The Labute approximate surface area is 351 Å². The predicted octanol–water partition coefficient (Wildman–Crippen LogP) is 14.6. The molecule has 0 aliphatic rings. The van der Waals surface area contributed by atoms with E-state index in [0.717, 1.165) is 87.6 Å². The Kier molecular flexibility index (Phi) is 8.10. The van der Waals surface area contributed by atoms with Gasteiger partial charge in [0.25, 0.3) is 0 Å². The Balaban J connectivity index is 1.04. The fourth-order valence-electron chi connectivity index (χ4n) is 8.68. The molecule has 0 radical (unpaired) electrons. The van der Waals surface area contributed by atoms with E-state index in [4.69, 9.17) is 24.4 Å². The van der Waals surface area contributed by atoms with Gasteiger partial charge in [0.2, 0.25) is 5.89 Å². The highest BCUT2D eigenvalue weighted by molar-refractivity contribution is 6.28. The van der Waals surface area contributed by atoms with Gasteiger partial charge in [0, 0.05) is 33.0 Å². The average Bonchev–Trinajstić information content (AvgIpc) is 3.79. The van der Waals surface area contributed by atoms with Crippen LogP contribution in [0.15, 0.2) is 211 Å². The van der Waals surface area contributed by atoms with Crippen LogP contribution in [0.5, 0.6) is 0 Å². The van der Waals surface area contributed by atoms with Crippen LogP contribution in [0.4, 0.5) is 0 Å². The van der Waals surface area contributed by atoms with Crippen LogP contribution >= 0.6 is 0 Å². The molecule has 284 valence electrons. The predicted molar refractivity (Wildman–Crippen MR) is 250 cm³/mol. The molecule has 0 bridgehead atoms. The summed E-state index contributed by atoms with van der Waals surface area (Å²) in [7, 11) is 0. The normalized spacial score (nSPS) is 11.6. The van der Waals surface area contributed by atoms with E-state index in [-0.39, 0.29) is 0 Å². The maximum atomic E-state index is 6.62. The van der Waals surface area contributed by atoms with Gasteiger partial charge < -0.3 is 4.42 Å². The van der Waals surface area contributed by atoms with Gasteiger partial charge in [0.05, 0.1) is 0 Å². The Morgan fingerprint density at radius 2 is 0.852 bits per heavy atom. The lowest BCUT2D eigenvalue weighted by Crippen LogP contribution is -2.01. The van der Waals surface area contributed by atoms with Gasteiger partial charge in [-0.15, -0.1) is 0 Å². The van der Waals surface area contributed by atoms with Crippen LogP contribution in [0.3, 0.4) is 0 Å². The molecule has 12 rings (SSSR count). The second kappa shape index (κ2) is 14.2. The van der Waals surface area contributed by atoms with Crippen molar-refractivity contribution in [2.45, 2.75) is 0 Å². The van der Waals surface area contributed by atoms with Crippen LogP contribution in [0.2, 0.25) is 0 Å². The van der Waals surface area contributed by atoms with Gasteiger partial charge in [0.15, 0.2) is 23.1 Å². The first-order chi connectivity index (χ1) is 30.2. The van der Waals surface area contributed by atoms with Crippen molar-refractivity contribution in [1.29, 1.82) is 0 Å². The highest BCUT2D eigenvalue weighted by Gasteiger charge is 2.20. The van der Waals surface area contributed by atoms with E-state index < -0.39 is 0 Å². The lowest BCUT2D eigenvalue weighted by atomic mass is 9.92. The topological polar surface area (TPSA) is 64.7 Å². The number of hydrogen-bond donors (Lipinski definition) is 0. The SMILES string of the molecule is c1ccc(-c2cccc(-c3ccc(-c4nc(-c5ccc6ccccc6c5)nc(-c5cc6ccc7ccc8nc(-c9ccccc9)oc8c7c6c6ccccc56)n4)cc3)c2)cc1. The lowest BCUT2D eigenvalue weighted by molar-refractivity contribution is 0.623. The smallest absolute Gasteiger partial charge is 0.227 e. The van der Waals surface area contributed by atoms with E-state index >= 15 is 0 Å². The summed E-state index contributed by atoms with van der Waals surface area (Å²) in [6.07, 6.45) is 0. The summed E-state index contributed by atoms with van der Waals surface area (Å²) in [5.41, 5.74) is 9.95. The van der Waals surface area contributed by atoms with Crippen LogP contribution in [0.25, 0.3) is 122 Å². The largest absolute Gasteiger partial charge is 0.435 e. The molecule has 0 saturated heterocycles. The van der Waals surface area contributed by atoms with E-state index in [1.54, 1.807) is 0 Å². The molecule has 5 heteroatoms. The zero-order valence-corrected chi connectivity index (χ0v) is 32.8. The maximum Gasteiger partial charge on any atom is 0.227 e. The van der Waals surface area contributed by atoms with Crippen LogP contribution in [0, 0.1) is 0 Å². The molecule has 0 spiro atoms. The Hall–Kier alpha value is -8.28. The molecular formula is C56H34N4O. The van der Waals surface area contributed by atoms with Crippen LogP contribution in [0.1, 0.15) is 0 Å². The fourth-order valence-corrected chi connectivity index (χ4v) is 8.68. The van der Waals surface area contributed by atoms with Crippen molar-refractivity contribution < 1.29 is 4.42 Å². The zero-order valence-electron chi connectivity index (χ0n) is 32.8. The van der Waals surface area contributed by atoms with Crippen molar-refractivity contribution in [3.05, 3.63) is 206 Å². The molecular weight excluding hydrogens is 745 g/mol. The Morgan fingerprint density at radius 1 is 0.295 bits per heavy atom. The monoisotopic (exact) mass is 778 g/mol. The summed E-state index contributed by atoms with van der Waals surface area (Å²) < 4.78 is 6.62. The quantitative estimate of drug-likeness (QED) is 0.157. The molecule has 0 N–H and O–H groups in total. The van der Waals surface area contributed by atoms with Crippen molar-refractivity contribution in [2.75, 3.05) is 0 Å². The molecule has 10 aromatic carbocycles. The average molecular weight is 779 g/mol. The summed E-state index contributed by atoms with van der Waals surface area (Å²) in [5, 5.41) is 8.70. The summed E-state index contributed by atoms with van der Waals surface area (Å²) in [6, 6.07) is 71.8. The van der Waals surface area contributed by atoms with E-state index in [1.165, 1.54) is 11.1 Å². The van der Waals surface area contributed by atoms with Gasteiger partial charge in [-0.25, -0.2) is 19.9 Å². The summed E-state index contributed by atoms with van der Waals surface area (Å²) in [6.45, 7) is 0. The number of benzene rings is 10. The number of aromatic nitrogens is 4. The van der Waals surface area contributed by atoms with Gasteiger partial charge in [0.1, 0.15) is 5.52 Å². The molecule has 0 aliphatic heterocycles. The number of fused-ring (bicyclic) bond motifs is 8. The minimum atomic E-state index is 0.605. The van der Waals surface area contributed by atoms with Crippen molar-refractivity contribution in [2.24, 2.45) is 0 Å². The van der Waals surface area contributed by atoms with Gasteiger partial charge in [-0.3, -0.25) is 0 Å². The van der Waals surface area contributed by atoms with Gasteiger partial charge in [-0.1, -0.05) is 170 Å². The van der Waals surface area contributed by atoms with Crippen LogP contribution in [-0.2, 0) is 0 Å². The molecule has 2 aromatic heterocycles.